The highest BCUT2D eigenvalue weighted by Gasteiger charge is 2.50. The lowest BCUT2D eigenvalue weighted by Gasteiger charge is -2.48. The van der Waals surface area contributed by atoms with Crippen LogP contribution in [0, 0.1) is 0 Å². The lowest BCUT2D eigenvalue weighted by Crippen LogP contribution is -2.71. The summed E-state index contributed by atoms with van der Waals surface area (Å²) < 4.78 is 26.1. The largest absolute Gasteiger partial charge is 0.297 e. The van der Waals surface area contributed by atoms with E-state index in [0.717, 1.165) is 24.1 Å². The van der Waals surface area contributed by atoms with Crippen molar-refractivity contribution in [3.8, 4) is 0 Å². The summed E-state index contributed by atoms with van der Waals surface area (Å²) >= 11 is 5.85. The summed E-state index contributed by atoms with van der Waals surface area (Å²) in [5, 5.41) is 0. The van der Waals surface area contributed by atoms with E-state index in [1.54, 1.807) is 18.2 Å². The van der Waals surface area contributed by atoms with Gasteiger partial charge in [-0.2, -0.15) is 0 Å². The Bertz CT molecular complexity index is 365. The van der Waals surface area contributed by atoms with Crippen molar-refractivity contribution in [3.63, 3.8) is 0 Å². The lowest BCUT2D eigenvalue weighted by molar-refractivity contribution is -1.15. The van der Waals surface area contributed by atoms with E-state index in [4.69, 9.17) is 11.6 Å². The Morgan fingerprint density at radius 1 is 0.900 bits per heavy atom. The molecule has 0 radical (unpaired) electrons. The van der Waals surface area contributed by atoms with Gasteiger partial charge in [0, 0.05) is 16.9 Å². The zero-order chi connectivity index (χ0) is 13.1. The number of aromatic nitrogens is 1. The average Bonchev–Trinajstić information content (AvgIpc) is 2.42. The van der Waals surface area contributed by atoms with Crippen LogP contribution in [0.1, 0.15) is 14.9 Å². The topological polar surface area (TPSA) is 3.88 Å². The van der Waals surface area contributed by atoms with Crippen molar-refractivity contribution in [3.05, 3.63) is 30.6 Å². The Morgan fingerprint density at radius 2 is 1.35 bits per heavy atom. The van der Waals surface area contributed by atoms with Crippen LogP contribution in [0.25, 0.3) is 0 Å². The number of pyridine rings is 1. The van der Waals surface area contributed by atoms with Crippen molar-refractivity contribution in [2.45, 2.75) is 14.9 Å². The third-order valence-corrected chi connectivity index (χ3v) is 4.37. The Morgan fingerprint density at radius 3 is 1.65 bits per heavy atom. The molecule has 3 aliphatic rings. The first-order valence-electron chi connectivity index (χ1n) is 6.17. The van der Waals surface area contributed by atoms with E-state index in [2.05, 4.69) is 0 Å². The van der Waals surface area contributed by atoms with Crippen LogP contribution >= 0.6 is 11.6 Å². The molecule has 4 rings (SSSR count). The van der Waals surface area contributed by atoms with Crippen molar-refractivity contribution in [1.82, 2.24) is 0 Å². The molecule has 0 unspecified atom stereocenters. The van der Waals surface area contributed by atoms with E-state index in [-0.39, 0.29) is 19.6 Å². The molecule has 20 heavy (non-hydrogen) atoms. The van der Waals surface area contributed by atoms with E-state index in [0.29, 0.717) is 30.4 Å². The van der Waals surface area contributed by atoms with Crippen molar-refractivity contribution in [2.75, 3.05) is 45.3 Å². The van der Waals surface area contributed by atoms with Gasteiger partial charge in [0.15, 0.2) is 25.6 Å². The molecule has 6 heteroatoms. The van der Waals surface area contributed by atoms with Crippen LogP contribution in [0.15, 0.2) is 30.6 Å². The maximum Gasteiger partial charge on any atom is 0.218 e. The van der Waals surface area contributed by atoms with Gasteiger partial charge in [0.2, 0.25) is 12.4 Å². The molecule has 0 atom stereocenters. The molecule has 0 aromatic carbocycles. The maximum absolute atomic E-state index is 13.5. The fourth-order valence-corrected chi connectivity index (χ4v) is 2.76. The summed E-state index contributed by atoms with van der Waals surface area (Å²) in [4.78, 5) is 0.500. The van der Waals surface area contributed by atoms with Gasteiger partial charge >= 0.3 is 0 Å². The SMILES string of the molecule is C.C.F[N+]12CC[N+](CCl)(CC1)CC2.F[n+]1ccccc1. The summed E-state index contributed by atoms with van der Waals surface area (Å²) in [5.41, 5.74) is 0. The van der Waals surface area contributed by atoms with Gasteiger partial charge in [0.05, 0.1) is 4.48 Å². The number of piperazine rings is 3. The molecule has 4 heterocycles. The fourth-order valence-electron chi connectivity index (χ4n) is 2.40. The molecule has 3 nitrogen and oxygen atoms in total. The van der Waals surface area contributed by atoms with Gasteiger partial charge in [-0.25, -0.2) is 0 Å². The summed E-state index contributed by atoms with van der Waals surface area (Å²) in [5.74, 6) is 0. The van der Waals surface area contributed by atoms with Gasteiger partial charge in [0.25, 0.3) is 0 Å². The van der Waals surface area contributed by atoms with Gasteiger partial charge in [0.1, 0.15) is 19.6 Å². The number of rotatable bonds is 1. The van der Waals surface area contributed by atoms with Crippen molar-refractivity contribution >= 4 is 11.6 Å². The zero-order valence-electron chi connectivity index (χ0n) is 10.3. The summed E-state index contributed by atoms with van der Waals surface area (Å²) in [6, 6.07) is 5.68. The normalized spacial score (nSPS) is 30.4. The molecular formula is C14H27ClF2N3+3. The van der Waals surface area contributed by atoms with Crippen LogP contribution in [0.4, 0.5) is 8.96 Å². The fraction of sp³-hybridized carbons (Fsp3) is 0.643. The highest BCUT2D eigenvalue weighted by Crippen LogP contribution is 2.27. The molecule has 0 spiro atoms. The first-order chi connectivity index (χ1) is 8.58. The molecule has 0 saturated carbocycles. The van der Waals surface area contributed by atoms with Gasteiger partial charge in [-0.3, -0.25) is 4.48 Å². The Labute approximate surface area is 126 Å². The predicted octanol–water partition coefficient (Wildman–Crippen LogP) is 2.71. The van der Waals surface area contributed by atoms with Gasteiger partial charge < -0.3 is 0 Å². The monoisotopic (exact) mass is 310 g/mol. The predicted molar refractivity (Wildman–Crippen MR) is 78.2 cm³/mol. The minimum atomic E-state index is -0.198. The Balaban J connectivity index is 0.000000356. The number of alkyl halides is 1. The highest BCUT2D eigenvalue weighted by atomic mass is 35.5. The second-order valence-corrected chi connectivity index (χ2v) is 5.29. The van der Waals surface area contributed by atoms with Crippen LogP contribution in [-0.4, -0.2) is 54.5 Å². The summed E-state index contributed by atoms with van der Waals surface area (Å²) in [6.07, 6.45) is 2.67. The van der Waals surface area contributed by atoms with Crippen LogP contribution in [-0.2, 0) is 0 Å². The Hall–Kier alpha value is -0.780. The minimum Gasteiger partial charge on any atom is -0.297 e. The molecule has 116 valence electrons. The Kier molecular flexibility index (Phi) is 7.55. The van der Waals surface area contributed by atoms with Gasteiger partial charge in [-0.05, 0) is 4.48 Å². The molecule has 3 saturated heterocycles. The second-order valence-electron chi connectivity index (χ2n) is 5.05. The van der Waals surface area contributed by atoms with Crippen molar-refractivity contribution in [2.24, 2.45) is 0 Å². The highest BCUT2D eigenvalue weighted by molar-refractivity contribution is 6.17. The third kappa shape index (κ3) is 4.65. The molecule has 3 aliphatic heterocycles. The number of hydrogen-bond donors (Lipinski definition) is 0. The van der Waals surface area contributed by atoms with Crippen LogP contribution in [0.3, 0.4) is 0 Å². The molecule has 0 aliphatic carbocycles. The lowest BCUT2D eigenvalue weighted by atomic mass is 10.2. The number of fused-ring (bicyclic) bond motifs is 3. The van der Waals surface area contributed by atoms with E-state index >= 15 is 0 Å². The maximum atomic E-state index is 13.5. The number of hydrogen-bond acceptors (Lipinski definition) is 0. The van der Waals surface area contributed by atoms with E-state index in [1.165, 1.54) is 12.4 Å². The smallest absolute Gasteiger partial charge is 0.218 e. The van der Waals surface area contributed by atoms with Crippen LogP contribution in [0.2, 0.25) is 0 Å². The van der Waals surface area contributed by atoms with Crippen molar-refractivity contribution in [1.29, 1.82) is 0 Å². The standard InChI is InChI=1S/C7H14ClFN2.C5H5FN.2CH4/c8-7-10-1-4-11(9,5-2-10)6-3-10;6-7-4-2-1-3-5-7;;/h1-7H2;1-5H;2*1H4/q+2;+1;;. The third-order valence-electron chi connectivity index (χ3n) is 3.86. The number of nitrogens with zero attached hydrogens (tertiary/aromatic N) is 3. The molecule has 0 N–H and O–H groups in total. The molecular weight excluding hydrogens is 284 g/mol. The van der Waals surface area contributed by atoms with Crippen LogP contribution in [0.5, 0.6) is 0 Å². The first kappa shape index (κ1) is 19.2. The average molecular weight is 311 g/mol. The van der Waals surface area contributed by atoms with Crippen LogP contribution < -0.4 is 4.79 Å². The minimum absolute atomic E-state index is 0. The van der Waals surface area contributed by atoms with E-state index in [9.17, 15) is 8.96 Å². The van der Waals surface area contributed by atoms with E-state index < -0.39 is 0 Å². The van der Waals surface area contributed by atoms with Gasteiger partial charge in [-0.15, -0.1) is 4.71 Å². The molecule has 3 fully saturated rings. The second kappa shape index (κ2) is 7.86. The van der Waals surface area contributed by atoms with Crippen molar-refractivity contribution < 1.29 is 22.9 Å². The summed E-state index contributed by atoms with van der Waals surface area (Å²) in [6.45, 7) is 4.81. The molecule has 0 amide bonds. The molecule has 2 bridgehead atoms. The first-order valence-corrected chi connectivity index (χ1v) is 6.70. The molecule has 1 aromatic heterocycles. The number of quaternary nitrogens is 2. The van der Waals surface area contributed by atoms with E-state index in [1.807, 2.05) is 0 Å². The summed E-state index contributed by atoms with van der Waals surface area (Å²) in [7, 11) is 0. The quantitative estimate of drug-likeness (QED) is 0.325. The number of halogens is 3. The molecule has 1 aromatic rings. The zero-order valence-corrected chi connectivity index (χ0v) is 11.1. The van der Waals surface area contributed by atoms with Gasteiger partial charge in [-0.1, -0.05) is 32.5 Å².